The third-order valence-electron chi connectivity index (χ3n) is 5.39. The number of piperidine rings is 1. The Hall–Kier alpha value is -2.18. The minimum atomic E-state index is -0.163. The maximum Gasteiger partial charge on any atom is 0.289 e. The van der Waals surface area contributed by atoms with Crippen LogP contribution >= 0.6 is 0 Å². The zero-order valence-electron chi connectivity index (χ0n) is 15.0. The summed E-state index contributed by atoms with van der Waals surface area (Å²) in [7, 11) is 0. The lowest BCUT2D eigenvalue weighted by Crippen LogP contribution is -2.46. The van der Waals surface area contributed by atoms with Crippen molar-refractivity contribution in [2.24, 2.45) is 0 Å². The van der Waals surface area contributed by atoms with Crippen LogP contribution in [0.25, 0.3) is 0 Å². The third-order valence-corrected chi connectivity index (χ3v) is 5.39. The highest BCUT2D eigenvalue weighted by atomic mass is 16.6. The second kappa shape index (κ2) is 7.21. The fourth-order valence-electron chi connectivity index (χ4n) is 3.80. The topological polar surface area (TPSA) is 64.8 Å². The molecule has 0 unspecified atom stereocenters. The van der Waals surface area contributed by atoms with Crippen molar-refractivity contribution < 1.29 is 18.7 Å². The summed E-state index contributed by atoms with van der Waals surface area (Å²) in [6.45, 7) is 4.38. The fourth-order valence-corrected chi connectivity index (χ4v) is 3.80. The Bertz CT molecular complexity index is 750. The molecule has 138 valence electrons. The first-order valence-electron chi connectivity index (χ1n) is 9.14. The summed E-state index contributed by atoms with van der Waals surface area (Å²) in [4.78, 5) is 18.7. The van der Waals surface area contributed by atoms with Gasteiger partial charge < -0.3 is 18.8 Å². The molecule has 0 bridgehead atoms. The molecule has 4 rings (SSSR count). The molecule has 0 saturated carbocycles. The highest BCUT2D eigenvalue weighted by Crippen LogP contribution is 2.37. The maximum atomic E-state index is 12.6. The Labute approximate surface area is 153 Å². The fraction of sp³-hybridized carbons (Fsp3) is 0.500. The zero-order chi connectivity index (χ0) is 18.0. The first-order chi connectivity index (χ1) is 12.7. The van der Waals surface area contributed by atoms with Crippen molar-refractivity contribution in [2.45, 2.75) is 44.5 Å². The van der Waals surface area contributed by atoms with Crippen LogP contribution in [0.5, 0.6) is 0 Å². The number of nitrogens with zero attached hydrogens (tertiary/aromatic N) is 2. The van der Waals surface area contributed by atoms with Gasteiger partial charge in [-0.1, -0.05) is 6.07 Å². The Morgan fingerprint density at radius 2 is 2.19 bits per heavy atom. The first-order valence-corrected chi connectivity index (χ1v) is 9.14. The minimum Gasteiger partial charge on any atom is -0.459 e. The van der Waals surface area contributed by atoms with E-state index in [0.29, 0.717) is 32.1 Å². The molecule has 6 nitrogen and oxygen atoms in total. The number of hydrogen-bond donors (Lipinski definition) is 0. The number of amides is 1. The number of carbonyl (C=O) groups excluding carboxylic acids is 1. The van der Waals surface area contributed by atoms with Gasteiger partial charge in [-0.15, -0.1) is 0 Å². The Morgan fingerprint density at radius 3 is 2.88 bits per heavy atom. The van der Waals surface area contributed by atoms with Gasteiger partial charge >= 0.3 is 0 Å². The van der Waals surface area contributed by atoms with E-state index in [4.69, 9.17) is 13.9 Å². The summed E-state index contributed by atoms with van der Waals surface area (Å²) in [5.41, 5.74) is 1.65. The van der Waals surface area contributed by atoms with E-state index in [1.54, 1.807) is 12.5 Å². The van der Waals surface area contributed by atoms with E-state index in [2.05, 4.69) is 4.98 Å². The number of carbonyl (C=O) groups is 1. The number of furan rings is 1. The quantitative estimate of drug-likeness (QED) is 0.843. The number of aromatic nitrogens is 1. The number of aryl methyl sites for hydroxylation is 1. The minimum absolute atomic E-state index is 0.0247. The van der Waals surface area contributed by atoms with E-state index in [0.717, 1.165) is 30.5 Å². The number of hydrogen-bond acceptors (Lipinski definition) is 5. The summed E-state index contributed by atoms with van der Waals surface area (Å²) < 4.78 is 17.4. The third kappa shape index (κ3) is 3.52. The summed E-state index contributed by atoms with van der Waals surface area (Å²) >= 11 is 0. The molecule has 2 fully saturated rings. The van der Waals surface area contributed by atoms with Gasteiger partial charge in [0.25, 0.3) is 5.91 Å². The monoisotopic (exact) mass is 356 g/mol. The molecule has 2 aliphatic rings. The Morgan fingerprint density at radius 1 is 1.35 bits per heavy atom. The van der Waals surface area contributed by atoms with Gasteiger partial charge in [0.15, 0.2) is 5.76 Å². The van der Waals surface area contributed by atoms with Crippen LogP contribution in [0.15, 0.2) is 41.1 Å². The van der Waals surface area contributed by atoms with E-state index >= 15 is 0 Å². The molecule has 2 saturated heterocycles. The molecule has 1 spiro atoms. The van der Waals surface area contributed by atoms with Crippen molar-refractivity contribution in [1.82, 2.24) is 9.88 Å². The summed E-state index contributed by atoms with van der Waals surface area (Å²) in [6.07, 6.45) is 5.98. The second-order valence-corrected chi connectivity index (χ2v) is 7.18. The molecule has 26 heavy (non-hydrogen) atoms. The molecule has 1 atom stereocenters. The molecular weight excluding hydrogens is 332 g/mol. The number of likely N-dealkylation sites (tertiary alicyclic amines) is 1. The Kier molecular flexibility index (Phi) is 4.78. The Balaban J connectivity index is 1.29. The van der Waals surface area contributed by atoms with Crippen molar-refractivity contribution in [3.05, 3.63) is 53.7 Å². The standard InChI is InChI=1S/C20H24N2O4/c1-15-5-11-24-18(15)19(23)22-9-6-20(7-10-22)12-17(14-26-20)25-13-16-4-2-3-8-21-16/h2-5,8,11,17H,6-7,9-10,12-14H2,1H3/t17-/m0/s1. The van der Waals surface area contributed by atoms with Crippen molar-refractivity contribution in [3.63, 3.8) is 0 Å². The molecule has 0 aliphatic carbocycles. The first kappa shape index (κ1) is 17.2. The molecule has 0 N–H and O–H groups in total. The molecule has 1 amide bonds. The molecule has 2 aliphatic heterocycles. The molecule has 6 heteroatoms. The van der Waals surface area contributed by atoms with E-state index in [1.807, 2.05) is 36.1 Å². The lowest BCUT2D eigenvalue weighted by molar-refractivity contribution is -0.0416. The number of pyridine rings is 1. The summed E-state index contributed by atoms with van der Waals surface area (Å²) in [5, 5.41) is 0. The molecule has 2 aromatic rings. The van der Waals surface area contributed by atoms with Gasteiger partial charge in [-0.2, -0.15) is 0 Å². The van der Waals surface area contributed by atoms with Gasteiger partial charge in [-0.25, -0.2) is 0 Å². The highest BCUT2D eigenvalue weighted by Gasteiger charge is 2.44. The van der Waals surface area contributed by atoms with Gasteiger partial charge in [0.05, 0.1) is 36.9 Å². The van der Waals surface area contributed by atoms with E-state index in [1.165, 1.54) is 0 Å². The molecule has 0 radical (unpaired) electrons. The van der Waals surface area contributed by atoms with Gasteiger partial charge in [0.2, 0.25) is 0 Å². The van der Waals surface area contributed by atoms with Crippen LogP contribution < -0.4 is 0 Å². The predicted molar refractivity (Wildman–Crippen MR) is 94.7 cm³/mol. The van der Waals surface area contributed by atoms with Crippen LogP contribution in [0, 0.1) is 6.92 Å². The summed E-state index contributed by atoms with van der Waals surface area (Å²) in [6, 6.07) is 7.65. The van der Waals surface area contributed by atoms with Crippen molar-refractivity contribution >= 4 is 5.91 Å². The van der Waals surface area contributed by atoms with Crippen LogP contribution in [0.1, 0.15) is 41.1 Å². The van der Waals surface area contributed by atoms with Crippen LogP contribution in [0.2, 0.25) is 0 Å². The van der Waals surface area contributed by atoms with Crippen LogP contribution in [-0.4, -0.2) is 47.2 Å². The lowest BCUT2D eigenvalue weighted by atomic mass is 9.88. The van der Waals surface area contributed by atoms with Crippen LogP contribution in [0.4, 0.5) is 0 Å². The molecule has 2 aromatic heterocycles. The lowest BCUT2D eigenvalue weighted by Gasteiger charge is -2.38. The van der Waals surface area contributed by atoms with Crippen LogP contribution in [0.3, 0.4) is 0 Å². The van der Waals surface area contributed by atoms with E-state index < -0.39 is 0 Å². The zero-order valence-corrected chi connectivity index (χ0v) is 15.0. The SMILES string of the molecule is Cc1ccoc1C(=O)N1CCC2(CC1)C[C@H](OCc1ccccn1)CO2. The molecular formula is C20H24N2O4. The largest absolute Gasteiger partial charge is 0.459 e. The van der Waals surface area contributed by atoms with E-state index in [-0.39, 0.29) is 17.6 Å². The smallest absolute Gasteiger partial charge is 0.289 e. The highest BCUT2D eigenvalue weighted by molar-refractivity contribution is 5.92. The van der Waals surface area contributed by atoms with Crippen LogP contribution in [-0.2, 0) is 16.1 Å². The van der Waals surface area contributed by atoms with Gasteiger partial charge in [0.1, 0.15) is 0 Å². The normalized spacial score (nSPS) is 22.0. The predicted octanol–water partition coefficient (Wildman–Crippen LogP) is 2.96. The second-order valence-electron chi connectivity index (χ2n) is 7.18. The number of ether oxygens (including phenoxy) is 2. The van der Waals surface area contributed by atoms with Crippen molar-refractivity contribution in [2.75, 3.05) is 19.7 Å². The van der Waals surface area contributed by atoms with E-state index in [9.17, 15) is 4.79 Å². The van der Waals surface area contributed by atoms with Gasteiger partial charge in [-0.05, 0) is 38.0 Å². The average Bonchev–Trinajstić information content (AvgIpc) is 3.27. The average molecular weight is 356 g/mol. The number of rotatable bonds is 4. The molecule has 4 heterocycles. The molecule has 0 aromatic carbocycles. The van der Waals surface area contributed by atoms with Gasteiger partial charge in [-0.3, -0.25) is 9.78 Å². The van der Waals surface area contributed by atoms with Crippen molar-refractivity contribution in [3.8, 4) is 0 Å². The maximum absolute atomic E-state index is 12.6. The van der Waals surface area contributed by atoms with Gasteiger partial charge in [0, 0.05) is 31.3 Å². The summed E-state index contributed by atoms with van der Waals surface area (Å²) in [5.74, 6) is 0.424. The van der Waals surface area contributed by atoms with Crippen molar-refractivity contribution in [1.29, 1.82) is 0 Å².